The number of esters is 1. The number of hydrogen-bond donors (Lipinski definition) is 1. The van der Waals surface area contributed by atoms with E-state index in [9.17, 15) is 9.59 Å². The zero-order chi connectivity index (χ0) is 29.4. The van der Waals surface area contributed by atoms with Crippen molar-refractivity contribution in [3.05, 3.63) is 60.8 Å². The quantitative estimate of drug-likeness (QED) is 0.0591. The van der Waals surface area contributed by atoms with Gasteiger partial charge in [0.1, 0.15) is 0 Å². The average molecular weight is 557 g/mol. The number of aliphatic carboxylic acids is 1. The molecular weight excluding hydrogens is 496 g/mol. The average Bonchev–Trinajstić information content (AvgIpc) is 2.92. The minimum atomic E-state index is -0.680. The monoisotopic (exact) mass is 556 g/mol. The van der Waals surface area contributed by atoms with E-state index >= 15 is 0 Å². The first-order valence-corrected chi connectivity index (χ1v) is 16.2. The van der Waals surface area contributed by atoms with Crippen LogP contribution in [0.2, 0.25) is 0 Å². The number of allylic oxidation sites excluding steroid dienone is 10. The van der Waals surface area contributed by atoms with Gasteiger partial charge in [-0.3, -0.25) is 9.59 Å². The lowest BCUT2D eigenvalue weighted by molar-refractivity contribution is -0.148. The van der Waals surface area contributed by atoms with E-state index in [2.05, 4.69) is 67.7 Å². The van der Waals surface area contributed by atoms with Gasteiger partial charge in [-0.2, -0.15) is 0 Å². The van der Waals surface area contributed by atoms with Crippen molar-refractivity contribution in [1.82, 2.24) is 0 Å². The van der Waals surface area contributed by atoms with Gasteiger partial charge in [-0.25, -0.2) is 0 Å². The molecule has 1 atom stereocenters. The van der Waals surface area contributed by atoms with Crippen molar-refractivity contribution in [2.45, 2.75) is 155 Å². The Morgan fingerprint density at radius 1 is 0.575 bits per heavy atom. The summed E-state index contributed by atoms with van der Waals surface area (Å²) >= 11 is 0. The number of carbonyl (C=O) groups is 2. The number of carboxylic acid groups (broad SMARTS) is 1. The van der Waals surface area contributed by atoms with Crippen LogP contribution >= 0.6 is 0 Å². The second-order valence-corrected chi connectivity index (χ2v) is 10.7. The van der Waals surface area contributed by atoms with E-state index < -0.39 is 5.97 Å². The molecule has 40 heavy (non-hydrogen) atoms. The standard InChI is InChI=1S/C36H60O4/c1-3-4-5-6-7-8-9-10-11-12-13-14-18-21-24-27-30-33-36(39)40-34(2)31-28-25-22-19-16-15-17-20-23-26-29-32-35(37)38/h4-5,7-8,10-11,13-14,21,24,34H,3,6,9,12,15-20,22-23,25-33H2,1-2H3,(H,37,38)/b5-4-,8-7-,11-10-,14-13-,24-21-. The van der Waals surface area contributed by atoms with Crippen LogP contribution in [0.25, 0.3) is 0 Å². The van der Waals surface area contributed by atoms with Crippen LogP contribution in [0.4, 0.5) is 0 Å². The second-order valence-electron chi connectivity index (χ2n) is 10.7. The third-order valence-corrected chi connectivity index (χ3v) is 6.74. The molecule has 0 aromatic rings. The van der Waals surface area contributed by atoms with Crippen molar-refractivity contribution in [2.24, 2.45) is 0 Å². The van der Waals surface area contributed by atoms with E-state index in [-0.39, 0.29) is 12.1 Å². The molecule has 0 spiro atoms. The molecule has 0 radical (unpaired) electrons. The molecule has 4 nitrogen and oxygen atoms in total. The third-order valence-electron chi connectivity index (χ3n) is 6.74. The molecule has 0 saturated heterocycles. The molecule has 0 heterocycles. The minimum absolute atomic E-state index is 0.0160. The van der Waals surface area contributed by atoms with Crippen LogP contribution in [0, 0.1) is 0 Å². The summed E-state index contributed by atoms with van der Waals surface area (Å²) in [5, 5.41) is 8.63. The Bertz CT molecular complexity index is 729. The summed E-state index contributed by atoms with van der Waals surface area (Å²) in [6.45, 7) is 4.17. The van der Waals surface area contributed by atoms with Gasteiger partial charge in [-0.05, 0) is 71.1 Å². The van der Waals surface area contributed by atoms with Crippen molar-refractivity contribution in [3.8, 4) is 0 Å². The predicted octanol–water partition coefficient (Wildman–Crippen LogP) is 11.0. The molecule has 0 aliphatic carbocycles. The van der Waals surface area contributed by atoms with Crippen LogP contribution in [-0.2, 0) is 14.3 Å². The van der Waals surface area contributed by atoms with Gasteiger partial charge >= 0.3 is 11.9 Å². The minimum Gasteiger partial charge on any atom is -0.481 e. The predicted molar refractivity (Wildman–Crippen MR) is 172 cm³/mol. The largest absolute Gasteiger partial charge is 0.481 e. The van der Waals surface area contributed by atoms with Gasteiger partial charge in [0.05, 0.1) is 6.10 Å². The Morgan fingerprint density at radius 2 is 1.00 bits per heavy atom. The number of rotatable bonds is 28. The maximum Gasteiger partial charge on any atom is 0.306 e. The zero-order valence-electron chi connectivity index (χ0n) is 25.9. The van der Waals surface area contributed by atoms with Gasteiger partial charge < -0.3 is 9.84 Å². The Kier molecular flexibility index (Phi) is 29.3. The van der Waals surface area contributed by atoms with E-state index in [4.69, 9.17) is 9.84 Å². The first-order chi connectivity index (χ1) is 19.6. The Morgan fingerprint density at radius 3 is 1.48 bits per heavy atom. The molecule has 1 unspecified atom stereocenters. The molecule has 0 aliphatic heterocycles. The lowest BCUT2D eigenvalue weighted by Crippen LogP contribution is -2.14. The summed E-state index contributed by atoms with van der Waals surface area (Å²) in [6, 6.07) is 0. The summed E-state index contributed by atoms with van der Waals surface area (Å²) in [7, 11) is 0. The smallest absolute Gasteiger partial charge is 0.306 e. The van der Waals surface area contributed by atoms with E-state index in [1.54, 1.807) is 0 Å². The molecule has 0 amide bonds. The zero-order valence-corrected chi connectivity index (χ0v) is 25.9. The lowest BCUT2D eigenvalue weighted by Gasteiger charge is -2.13. The third kappa shape index (κ3) is 31.9. The topological polar surface area (TPSA) is 63.6 Å². The van der Waals surface area contributed by atoms with Crippen LogP contribution in [0.5, 0.6) is 0 Å². The highest BCUT2D eigenvalue weighted by Gasteiger charge is 2.08. The maximum absolute atomic E-state index is 12.1. The first kappa shape index (κ1) is 37.6. The van der Waals surface area contributed by atoms with Gasteiger partial charge in [0, 0.05) is 12.8 Å². The number of ether oxygens (including phenoxy) is 1. The molecule has 0 bridgehead atoms. The summed E-state index contributed by atoms with van der Waals surface area (Å²) in [5.41, 5.74) is 0. The molecule has 228 valence electrons. The van der Waals surface area contributed by atoms with E-state index in [0.717, 1.165) is 77.0 Å². The van der Waals surface area contributed by atoms with Crippen molar-refractivity contribution in [1.29, 1.82) is 0 Å². The van der Waals surface area contributed by atoms with Crippen LogP contribution in [-0.4, -0.2) is 23.1 Å². The number of carboxylic acids is 1. The van der Waals surface area contributed by atoms with Crippen LogP contribution in [0.1, 0.15) is 149 Å². The lowest BCUT2D eigenvalue weighted by atomic mass is 10.0. The Labute approximate surface area is 246 Å². The van der Waals surface area contributed by atoms with Crippen LogP contribution < -0.4 is 0 Å². The first-order valence-electron chi connectivity index (χ1n) is 16.2. The molecule has 4 heteroatoms. The molecule has 0 saturated carbocycles. The maximum atomic E-state index is 12.1. The van der Waals surface area contributed by atoms with Gasteiger partial charge in [0.25, 0.3) is 0 Å². The summed E-state index contributed by atoms with van der Waals surface area (Å²) in [4.78, 5) is 22.5. The van der Waals surface area contributed by atoms with Gasteiger partial charge in [0.2, 0.25) is 0 Å². The number of unbranched alkanes of at least 4 members (excludes halogenated alkanes) is 11. The van der Waals surface area contributed by atoms with Crippen molar-refractivity contribution < 1.29 is 19.4 Å². The fraction of sp³-hybridized carbons (Fsp3) is 0.667. The summed E-state index contributed by atoms with van der Waals surface area (Å²) < 4.78 is 5.57. The molecule has 0 fully saturated rings. The van der Waals surface area contributed by atoms with Crippen molar-refractivity contribution in [2.75, 3.05) is 0 Å². The van der Waals surface area contributed by atoms with Gasteiger partial charge in [-0.15, -0.1) is 0 Å². The molecule has 0 aliphatic rings. The fourth-order valence-electron chi connectivity index (χ4n) is 4.37. The van der Waals surface area contributed by atoms with Crippen molar-refractivity contribution in [3.63, 3.8) is 0 Å². The second kappa shape index (κ2) is 31.2. The molecule has 1 N–H and O–H groups in total. The normalized spacial score (nSPS) is 13.1. The van der Waals surface area contributed by atoms with Crippen LogP contribution in [0.3, 0.4) is 0 Å². The van der Waals surface area contributed by atoms with E-state index in [0.29, 0.717) is 12.8 Å². The fourth-order valence-corrected chi connectivity index (χ4v) is 4.37. The van der Waals surface area contributed by atoms with Gasteiger partial charge in [0.15, 0.2) is 0 Å². The number of carbonyl (C=O) groups excluding carboxylic acids is 1. The molecule has 0 aromatic carbocycles. The summed E-state index contributed by atoms with van der Waals surface area (Å²) in [5.74, 6) is -0.747. The molecular formula is C36H60O4. The molecule has 0 rings (SSSR count). The van der Waals surface area contributed by atoms with Crippen molar-refractivity contribution >= 4 is 11.9 Å². The number of hydrogen-bond acceptors (Lipinski definition) is 3. The molecule has 0 aromatic heterocycles. The van der Waals surface area contributed by atoms with E-state index in [1.165, 1.54) is 44.9 Å². The Balaban J connectivity index is 3.50. The van der Waals surface area contributed by atoms with E-state index in [1.807, 2.05) is 6.92 Å². The van der Waals surface area contributed by atoms with Gasteiger partial charge in [-0.1, -0.05) is 125 Å². The Hall–Kier alpha value is -2.36. The highest BCUT2D eigenvalue weighted by molar-refractivity contribution is 5.69. The SMILES string of the molecule is CC/C=C\C/C=C\C/C=C\C/C=C\C/C=C\CCCC(=O)OC(C)CCCCCCCCCCCCCC(=O)O. The highest BCUT2D eigenvalue weighted by atomic mass is 16.5. The highest BCUT2D eigenvalue weighted by Crippen LogP contribution is 2.14. The summed E-state index contributed by atoms with van der Waals surface area (Å²) in [6.07, 6.45) is 43.5. The van der Waals surface area contributed by atoms with Crippen LogP contribution in [0.15, 0.2) is 60.8 Å².